The number of nitrogens with one attached hydrogen (secondary N) is 2. The van der Waals surface area contributed by atoms with E-state index in [1.807, 2.05) is 25.1 Å². The number of aliphatic imine (C=N–C) groups is 1. The summed E-state index contributed by atoms with van der Waals surface area (Å²) in [5.74, 6) is 0. The Balaban J connectivity index is 2.77. The molecule has 0 bridgehead atoms. The number of nitrogens with zero attached hydrogens (tertiary/aromatic N) is 1. The molecule has 1 rings (SSSR count). The van der Waals surface area contributed by atoms with Crippen LogP contribution in [-0.4, -0.2) is 12.7 Å². The summed E-state index contributed by atoms with van der Waals surface area (Å²) in [5.41, 5.74) is 8.32. The van der Waals surface area contributed by atoms with Crippen molar-refractivity contribution in [2.24, 2.45) is 4.99 Å². The first kappa shape index (κ1) is 9.25. The Bertz CT molecular complexity index is 330. The van der Waals surface area contributed by atoms with Crippen molar-refractivity contribution in [3.05, 3.63) is 23.8 Å². The molecule has 0 unspecified atom stereocenters. The van der Waals surface area contributed by atoms with E-state index in [0.29, 0.717) is 0 Å². The number of rotatable bonds is 3. The highest BCUT2D eigenvalue weighted by Crippen LogP contribution is 2.16. The zero-order valence-corrected chi connectivity index (χ0v) is 7.41. The molecule has 4 nitrogen and oxygen atoms in total. The first-order valence-electron chi connectivity index (χ1n) is 3.87. The molecule has 0 heterocycles. The first-order chi connectivity index (χ1) is 6.24. The van der Waals surface area contributed by atoms with Gasteiger partial charge in [-0.2, -0.15) is 0 Å². The van der Waals surface area contributed by atoms with Crippen LogP contribution in [0.5, 0.6) is 0 Å². The summed E-state index contributed by atoms with van der Waals surface area (Å²) in [6.45, 7) is 1.96. The van der Waals surface area contributed by atoms with Crippen LogP contribution < -0.4 is 11.1 Å². The van der Waals surface area contributed by atoms with E-state index in [9.17, 15) is 0 Å². The van der Waals surface area contributed by atoms with Gasteiger partial charge >= 0.3 is 0 Å². The van der Waals surface area contributed by atoms with Gasteiger partial charge in [0.15, 0.2) is 0 Å². The van der Waals surface area contributed by atoms with Crippen molar-refractivity contribution in [3.8, 4) is 0 Å². The minimum atomic E-state index is 0.743. The molecule has 4 N–H and O–H groups in total. The number of hydrogen-bond acceptors (Lipinski definition) is 2. The summed E-state index contributed by atoms with van der Waals surface area (Å²) in [6.07, 6.45) is 2.44. The quantitative estimate of drug-likeness (QED) is 0.372. The second kappa shape index (κ2) is 4.25. The summed E-state index contributed by atoms with van der Waals surface area (Å²) in [6, 6.07) is 5.56. The van der Waals surface area contributed by atoms with Crippen LogP contribution in [-0.2, 0) is 0 Å². The van der Waals surface area contributed by atoms with Crippen LogP contribution in [0.3, 0.4) is 0 Å². The molecule has 68 valence electrons. The van der Waals surface area contributed by atoms with Gasteiger partial charge in [0.2, 0.25) is 0 Å². The molecule has 1 aromatic carbocycles. The summed E-state index contributed by atoms with van der Waals surface area (Å²) >= 11 is 0. The summed E-state index contributed by atoms with van der Waals surface area (Å²) in [4.78, 5) is 3.60. The minimum absolute atomic E-state index is 0.743. The van der Waals surface area contributed by atoms with Crippen molar-refractivity contribution in [3.63, 3.8) is 0 Å². The molecule has 0 aromatic heterocycles. The van der Waals surface area contributed by atoms with E-state index in [0.717, 1.165) is 23.3 Å². The van der Waals surface area contributed by atoms with Gasteiger partial charge in [0, 0.05) is 11.4 Å². The van der Waals surface area contributed by atoms with Gasteiger partial charge in [0.05, 0.1) is 6.34 Å². The van der Waals surface area contributed by atoms with E-state index in [2.05, 4.69) is 10.3 Å². The molecule has 0 atom stereocenters. The van der Waals surface area contributed by atoms with Crippen LogP contribution in [0.2, 0.25) is 0 Å². The van der Waals surface area contributed by atoms with E-state index >= 15 is 0 Å². The van der Waals surface area contributed by atoms with Crippen LogP contribution in [0.15, 0.2) is 23.2 Å². The summed E-state index contributed by atoms with van der Waals surface area (Å²) < 4.78 is 0. The van der Waals surface area contributed by atoms with Crippen molar-refractivity contribution in [2.45, 2.75) is 6.92 Å². The van der Waals surface area contributed by atoms with Gasteiger partial charge in [-0.1, -0.05) is 0 Å². The smallest absolute Gasteiger partial charge is 0.108 e. The lowest BCUT2D eigenvalue weighted by atomic mass is 10.2. The molecule has 0 aliphatic rings. The van der Waals surface area contributed by atoms with Gasteiger partial charge in [-0.3, -0.25) is 5.41 Å². The van der Waals surface area contributed by atoms with Crippen molar-refractivity contribution in [2.75, 3.05) is 11.1 Å². The van der Waals surface area contributed by atoms with Gasteiger partial charge in [0.1, 0.15) is 6.34 Å². The minimum Gasteiger partial charge on any atom is -0.399 e. The molecule has 4 heteroatoms. The second-order valence-corrected chi connectivity index (χ2v) is 2.63. The van der Waals surface area contributed by atoms with E-state index in [4.69, 9.17) is 11.1 Å². The highest BCUT2D eigenvalue weighted by Gasteiger charge is 1.94. The number of benzene rings is 1. The molecule has 0 fully saturated rings. The molecule has 1 aromatic rings. The molecule has 0 aliphatic heterocycles. The molecular weight excluding hydrogens is 164 g/mol. The van der Waals surface area contributed by atoms with Gasteiger partial charge in [-0.25, -0.2) is 4.99 Å². The lowest BCUT2D eigenvalue weighted by Gasteiger charge is -2.04. The number of anilines is 2. The largest absolute Gasteiger partial charge is 0.399 e. The van der Waals surface area contributed by atoms with Crippen LogP contribution in [0.25, 0.3) is 0 Å². The normalized spacial score (nSPS) is 10.2. The average molecular weight is 176 g/mol. The van der Waals surface area contributed by atoms with Crippen molar-refractivity contribution < 1.29 is 0 Å². The van der Waals surface area contributed by atoms with Crippen LogP contribution in [0, 0.1) is 12.3 Å². The molecule has 0 saturated carbocycles. The third kappa shape index (κ3) is 2.59. The summed E-state index contributed by atoms with van der Waals surface area (Å²) in [7, 11) is 0. The topological polar surface area (TPSA) is 74.3 Å². The molecule has 0 saturated heterocycles. The third-order valence-electron chi connectivity index (χ3n) is 1.62. The monoisotopic (exact) mass is 176 g/mol. The Labute approximate surface area is 77.0 Å². The number of nitrogen functional groups attached to an aromatic ring is 1. The predicted molar refractivity (Wildman–Crippen MR) is 56.5 cm³/mol. The Morgan fingerprint density at radius 1 is 1.54 bits per heavy atom. The summed E-state index contributed by atoms with van der Waals surface area (Å²) in [5, 5.41) is 9.62. The fourth-order valence-electron chi connectivity index (χ4n) is 0.993. The van der Waals surface area contributed by atoms with E-state index in [1.54, 1.807) is 0 Å². The SMILES string of the molecule is Cc1cc(N)ccc1N/C=N\C=N. The van der Waals surface area contributed by atoms with E-state index in [-0.39, 0.29) is 0 Å². The molecule has 0 radical (unpaired) electrons. The van der Waals surface area contributed by atoms with Gasteiger partial charge < -0.3 is 11.1 Å². The maximum absolute atomic E-state index is 6.67. The molecular formula is C9H12N4. The van der Waals surface area contributed by atoms with Crippen LogP contribution in [0.1, 0.15) is 5.56 Å². The highest BCUT2D eigenvalue weighted by atomic mass is 14.9. The zero-order valence-electron chi connectivity index (χ0n) is 7.41. The lowest BCUT2D eigenvalue weighted by Crippen LogP contribution is -1.97. The lowest BCUT2D eigenvalue weighted by molar-refractivity contribution is 1.45. The fourth-order valence-corrected chi connectivity index (χ4v) is 0.993. The maximum atomic E-state index is 6.67. The molecule has 0 amide bonds. The Hall–Kier alpha value is -1.84. The van der Waals surface area contributed by atoms with Gasteiger partial charge in [-0.15, -0.1) is 0 Å². The fraction of sp³-hybridized carbons (Fsp3) is 0.111. The van der Waals surface area contributed by atoms with Gasteiger partial charge in [-0.05, 0) is 30.7 Å². The molecule has 0 aliphatic carbocycles. The Kier molecular flexibility index (Phi) is 3.03. The number of hydrogen-bond donors (Lipinski definition) is 3. The number of nitrogens with two attached hydrogens (primary N) is 1. The third-order valence-corrected chi connectivity index (χ3v) is 1.62. The highest BCUT2D eigenvalue weighted by molar-refractivity contribution is 5.82. The number of aryl methyl sites for hydroxylation is 1. The standard InChI is InChI=1S/C9H12N4/c1-7-4-8(11)2-3-9(7)13-6-12-5-10/h2-6H,11H2,1H3,(H2,10,12,13). The van der Waals surface area contributed by atoms with E-state index < -0.39 is 0 Å². The Morgan fingerprint density at radius 2 is 2.31 bits per heavy atom. The molecule has 13 heavy (non-hydrogen) atoms. The maximum Gasteiger partial charge on any atom is 0.108 e. The molecule has 0 spiro atoms. The van der Waals surface area contributed by atoms with Crippen molar-refractivity contribution in [1.29, 1.82) is 5.41 Å². The zero-order chi connectivity index (χ0) is 9.68. The Morgan fingerprint density at radius 3 is 2.92 bits per heavy atom. The second-order valence-electron chi connectivity index (χ2n) is 2.63. The van der Waals surface area contributed by atoms with Gasteiger partial charge in [0.25, 0.3) is 0 Å². The van der Waals surface area contributed by atoms with Crippen LogP contribution >= 0.6 is 0 Å². The van der Waals surface area contributed by atoms with Crippen LogP contribution in [0.4, 0.5) is 11.4 Å². The predicted octanol–water partition coefficient (Wildman–Crippen LogP) is 1.62. The van der Waals surface area contributed by atoms with Crippen molar-refractivity contribution in [1.82, 2.24) is 0 Å². The van der Waals surface area contributed by atoms with E-state index in [1.165, 1.54) is 6.34 Å². The average Bonchev–Trinajstić information content (AvgIpc) is 2.09. The van der Waals surface area contributed by atoms with Crippen molar-refractivity contribution >= 4 is 24.1 Å². The first-order valence-corrected chi connectivity index (χ1v) is 3.87.